The number of rotatable bonds is 2. The number of nitrogens with zero attached hydrogens (tertiary/aromatic N) is 3. The van der Waals surface area contributed by atoms with E-state index in [0.29, 0.717) is 5.89 Å². The minimum absolute atomic E-state index is 0.202. The van der Waals surface area contributed by atoms with Crippen LogP contribution in [-0.4, -0.2) is 41.7 Å². The van der Waals surface area contributed by atoms with Crippen molar-refractivity contribution in [2.75, 3.05) is 26.7 Å². The van der Waals surface area contributed by atoms with Gasteiger partial charge in [0.1, 0.15) is 0 Å². The van der Waals surface area contributed by atoms with Crippen LogP contribution in [0.25, 0.3) is 10.8 Å². The molecule has 1 unspecified atom stereocenters. The summed E-state index contributed by atoms with van der Waals surface area (Å²) in [5.74, 6) is 1.41. The van der Waals surface area contributed by atoms with Crippen molar-refractivity contribution >= 4 is 11.3 Å². The summed E-state index contributed by atoms with van der Waals surface area (Å²) in [6.07, 6.45) is 0. The normalized spacial score (nSPS) is 20.9. The lowest BCUT2D eigenvalue weighted by atomic mass is 10.2. The third kappa shape index (κ3) is 2.43. The van der Waals surface area contributed by atoms with Gasteiger partial charge in [-0.25, -0.2) is 0 Å². The van der Waals surface area contributed by atoms with Gasteiger partial charge in [0, 0.05) is 24.5 Å². The van der Waals surface area contributed by atoms with E-state index in [4.69, 9.17) is 4.52 Å². The molecule has 1 saturated heterocycles. The van der Waals surface area contributed by atoms with Crippen LogP contribution in [0.15, 0.2) is 10.6 Å². The van der Waals surface area contributed by atoms with E-state index in [0.717, 1.165) is 30.3 Å². The fourth-order valence-corrected chi connectivity index (χ4v) is 3.20. The number of aryl methyl sites for hydroxylation is 2. The fourth-order valence-electron chi connectivity index (χ4n) is 2.24. The van der Waals surface area contributed by atoms with Gasteiger partial charge in [0.15, 0.2) is 5.82 Å². The van der Waals surface area contributed by atoms with Crippen LogP contribution in [0.5, 0.6) is 0 Å². The van der Waals surface area contributed by atoms with Gasteiger partial charge in [-0.2, -0.15) is 4.98 Å². The first-order valence-electron chi connectivity index (χ1n) is 6.47. The van der Waals surface area contributed by atoms with E-state index in [1.54, 1.807) is 11.3 Å². The quantitative estimate of drug-likeness (QED) is 0.910. The molecule has 19 heavy (non-hydrogen) atoms. The van der Waals surface area contributed by atoms with Crippen molar-refractivity contribution in [2.24, 2.45) is 0 Å². The van der Waals surface area contributed by atoms with Crippen LogP contribution in [0.1, 0.15) is 22.3 Å². The molecule has 0 bridgehead atoms. The standard InChI is InChI=1S/C13H18N4OS/c1-8-6-11(19-9(8)2)13-15-12(16-18-13)10-7-14-4-5-17(10)3/h6,10,14H,4-5,7H2,1-3H3. The predicted molar refractivity (Wildman–Crippen MR) is 75.3 cm³/mol. The Hall–Kier alpha value is -1.24. The van der Waals surface area contributed by atoms with Gasteiger partial charge in [-0.1, -0.05) is 5.16 Å². The molecule has 0 amide bonds. The Kier molecular flexibility index (Phi) is 3.38. The summed E-state index contributed by atoms with van der Waals surface area (Å²) < 4.78 is 5.42. The molecule has 1 N–H and O–H groups in total. The van der Waals surface area contributed by atoms with Gasteiger partial charge in [-0.05, 0) is 32.5 Å². The van der Waals surface area contributed by atoms with Gasteiger partial charge in [0.2, 0.25) is 0 Å². The second-order valence-electron chi connectivity index (χ2n) is 5.01. The van der Waals surface area contributed by atoms with Crippen molar-refractivity contribution in [1.29, 1.82) is 0 Å². The van der Waals surface area contributed by atoms with Crippen LogP contribution in [0, 0.1) is 13.8 Å². The summed E-state index contributed by atoms with van der Waals surface area (Å²) >= 11 is 1.70. The zero-order valence-electron chi connectivity index (χ0n) is 11.4. The molecule has 6 heteroatoms. The molecule has 1 aliphatic rings. The average Bonchev–Trinajstić information content (AvgIpc) is 2.98. The molecule has 0 spiro atoms. The Bertz CT molecular complexity index is 557. The molecule has 2 aromatic rings. The van der Waals surface area contributed by atoms with E-state index >= 15 is 0 Å². The number of piperazine rings is 1. The summed E-state index contributed by atoms with van der Waals surface area (Å²) in [5, 5.41) is 7.51. The van der Waals surface area contributed by atoms with Crippen molar-refractivity contribution in [1.82, 2.24) is 20.4 Å². The topological polar surface area (TPSA) is 54.2 Å². The molecular formula is C13H18N4OS. The van der Waals surface area contributed by atoms with Crippen molar-refractivity contribution in [3.63, 3.8) is 0 Å². The number of aromatic nitrogens is 2. The monoisotopic (exact) mass is 278 g/mol. The first-order valence-corrected chi connectivity index (χ1v) is 7.29. The molecule has 2 aromatic heterocycles. The average molecular weight is 278 g/mol. The van der Waals surface area contributed by atoms with Crippen LogP contribution < -0.4 is 5.32 Å². The van der Waals surface area contributed by atoms with Gasteiger partial charge in [-0.3, -0.25) is 4.90 Å². The van der Waals surface area contributed by atoms with Crippen molar-refractivity contribution < 1.29 is 4.52 Å². The lowest BCUT2D eigenvalue weighted by molar-refractivity contribution is 0.190. The fraction of sp³-hybridized carbons (Fsp3) is 0.538. The molecule has 1 atom stereocenters. The molecule has 1 aliphatic heterocycles. The summed E-state index contributed by atoms with van der Waals surface area (Å²) in [6, 6.07) is 2.31. The molecule has 0 radical (unpaired) electrons. The van der Waals surface area contributed by atoms with E-state index in [-0.39, 0.29) is 6.04 Å². The van der Waals surface area contributed by atoms with Crippen molar-refractivity contribution in [3.8, 4) is 10.8 Å². The van der Waals surface area contributed by atoms with E-state index in [1.165, 1.54) is 10.4 Å². The Morgan fingerprint density at radius 2 is 2.32 bits per heavy atom. The van der Waals surface area contributed by atoms with Crippen LogP contribution in [-0.2, 0) is 0 Å². The molecule has 102 valence electrons. The number of hydrogen-bond donors (Lipinski definition) is 1. The number of nitrogens with one attached hydrogen (secondary N) is 1. The van der Waals surface area contributed by atoms with Gasteiger partial charge in [-0.15, -0.1) is 11.3 Å². The highest BCUT2D eigenvalue weighted by atomic mass is 32.1. The van der Waals surface area contributed by atoms with Gasteiger partial charge >= 0.3 is 0 Å². The predicted octanol–water partition coefficient (Wildman–Crippen LogP) is 1.99. The third-order valence-corrected chi connectivity index (χ3v) is 4.77. The second-order valence-corrected chi connectivity index (χ2v) is 6.26. The Morgan fingerprint density at radius 1 is 1.47 bits per heavy atom. The molecule has 5 nitrogen and oxygen atoms in total. The molecule has 3 rings (SSSR count). The molecular weight excluding hydrogens is 260 g/mol. The number of likely N-dealkylation sites (N-methyl/N-ethyl adjacent to an activating group) is 1. The number of thiophene rings is 1. The Balaban J connectivity index is 1.86. The van der Waals surface area contributed by atoms with Crippen molar-refractivity contribution in [3.05, 3.63) is 22.3 Å². The minimum Gasteiger partial charge on any atom is -0.333 e. The SMILES string of the molecule is Cc1cc(-c2nc(C3CNCCN3C)no2)sc1C. The highest BCUT2D eigenvalue weighted by molar-refractivity contribution is 7.15. The molecule has 0 saturated carbocycles. The molecule has 0 aromatic carbocycles. The van der Waals surface area contributed by atoms with Crippen LogP contribution in [0.2, 0.25) is 0 Å². The van der Waals surface area contributed by atoms with Crippen LogP contribution >= 0.6 is 11.3 Å². The second kappa shape index (κ2) is 5.03. The molecule has 3 heterocycles. The highest BCUT2D eigenvalue weighted by Crippen LogP contribution is 2.30. The molecule has 1 fully saturated rings. The summed E-state index contributed by atoms with van der Waals surface area (Å²) in [5.41, 5.74) is 1.27. The first-order chi connectivity index (χ1) is 9.15. The van der Waals surface area contributed by atoms with E-state index in [1.807, 2.05) is 0 Å². The minimum atomic E-state index is 0.202. The van der Waals surface area contributed by atoms with Crippen LogP contribution in [0.4, 0.5) is 0 Å². The summed E-state index contributed by atoms with van der Waals surface area (Å²) in [6.45, 7) is 7.11. The maximum atomic E-state index is 5.42. The first kappa shape index (κ1) is 12.8. The lowest BCUT2D eigenvalue weighted by Crippen LogP contribution is -2.44. The lowest BCUT2D eigenvalue weighted by Gasteiger charge is -2.30. The van der Waals surface area contributed by atoms with Crippen LogP contribution in [0.3, 0.4) is 0 Å². The Morgan fingerprint density at radius 3 is 3.00 bits per heavy atom. The maximum Gasteiger partial charge on any atom is 0.268 e. The highest BCUT2D eigenvalue weighted by Gasteiger charge is 2.25. The Labute approximate surface area is 116 Å². The van der Waals surface area contributed by atoms with Crippen molar-refractivity contribution in [2.45, 2.75) is 19.9 Å². The van der Waals surface area contributed by atoms with E-state index in [9.17, 15) is 0 Å². The maximum absolute atomic E-state index is 5.42. The third-order valence-electron chi connectivity index (χ3n) is 3.63. The van der Waals surface area contributed by atoms with E-state index in [2.05, 4.69) is 47.3 Å². The number of hydrogen-bond acceptors (Lipinski definition) is 6. The summed E-state index contributed by atoms with van der Waals surface area (Å²) in [7, 11) is 2.10. The smallest absolute Gasteiger partial charge is 0.268 e. The van der Waals surface area contributed by atoms with Gasteiger partial charge < -0.3 is 9.84 Å². The van der Waals surface area contributed by atoms with E-state index < -0.39 is 0 Å². The zero-order chi connectivity index (χ0) is 13.4. The zero-order valence-corrected chi connectivity index (χ0v) is 12.3. The van der Waals surface area contributed by atoms with Gasteiger partial charge in [0.05, 0.1) is 10.9 Å². The summed E-state index contributed by atoms with van der Waals surface area (Å²) in [4.78, 5) is 9.17. The molecule has 0 aliphatic carbocycles. The largest absolute Gasteiger partial charge is 0.333 e. The van der Waals surface area contributed by atoms with Gasteiger partial charge in [0.25, 0.3) is 5.89 Å².